The molecule has 27 heavy (non-hydrogen) atoms. The Kier molecular flexibility index (Phi) is 5.35. The molecule has 1 aromatic rings. The number of likely N-dealkylation sites (tertiary alicyclic amines) is 1. The number of alkyl halides is 3. The fraction of sp³-hybridized carbons (Fsp3) is 0.579. The van der Waals surface area contributed by atoms with Crippen molar-refractivity contribution >= 4 is 12.1 Å². The maximum Gasteiger partial charge on any atom is 0.410 e. The van der Waals surface area contributed by atoms with Crippen LogP contribution in [0.25, 0.3) is 0 Å². The van der Waals surface area contributed by atoms with E-state index in [1.54, 1.807) is 24.3 Å². The lowest BCUT2D eigenvalue weighted by Crippen LogP contribution is -2.43. The molecule has 1 saturated carbocycles. The predicted molar refractivity (Wildman–Crippen MR) is 89.8 cm³/mol. The van der Waals surface area contributed by atoms with Gasteiger partial charge in [0.25, 0.3) is 0 Å². The van der Waals surface area contributed by atoms with Crippen LogP contribution in [0.5, 0.6) is 0 Å². The van der Waals surface area contributed by atoms with Gasteiger partial charge in [0.15, 0.2) is 0 Å². The van der Waals surface area contributed by atoms with Crippen LogP contribution >= 0.6 is 0 Å². The normalized spacial score (nSPS) is 28.3. The smallest absolute Gasteiger partial charge is 0.410 e. The summed E-state index contributed by atoms with van der Waals surface area (Å²) in [5.41, 5.74) is -0.264. The molecule has 3 rings (SSSR count). The Balaban J connectivity index is 1.70. The lowest BCUT2D eigenvalue weighted by Gasteiger charge is -2.40. The van der Waals surface area contributed by atoms with Crippen molar-refractivity contribution in [2.24, 2.45) is 17.3 Å². The highest BCUT2D eigenvalue weighted by Crippen LogP contribution is 2.53. The van der Waals surface area contributed by atoms with Crippen molar-refractivity contribution in [2.45, 2.75) is 38.5 Å². The van der Waals surface area contributed by atoms with Gasteiger partial charge in [0.2, 0.25) is 0 Å². The molecule has 5 nitrogen and oxygen atoms in total. The molecule has 1 spiro atoms. The van der Waals surface area contributed by atoms with Gasteiger partial charge in [-0.15, -0.1) is 0 Å². The van der Waals surface area contributed by atoms with Gasteiger partial charge >= 0.3 is 18.2 Å². The Morgan fingerprint density at radius 2 is 1.96 bits per heavy atom. The molecule has 8 heteroatoms. The molecule has 1 amide bonds. The second kappa shape index (κ2) is 7.40. The summed E-state index contributed by atoms with van der Waals surface area (Å²) >= 11 is 0. The van der Waals surface area contributed by atoms with Crippen molar-refractivity contribution < 1.29 is 32.6 Å². The second-order valence-electron chi connectivity index (χ2n) is 7.51. The van der Waals surface area contributed by atoms with Crippen LogP contribution in [0.2, 0.25) is 0 Å². The van der Waals surface area contributed by atoms with Crippen LogP contribution < -0.4 is 0 Å². The van der Waals surface area contributed by atoms with E-state index in [1.165, 1.54) is 4.90 Å². The van der Waals surface area contributed by atoms with Crippen LogP contribution in [0.15, 0.2) is 30.3 Å². The molecule has 0 aromatic heterocycles. The number of amides is 1. The molecule has 1 saturated heterocycles. The Morgan fingerprint density at radius 3 is 2.59 bits per heavy atom. The highest BCUT2D eigenvalue weighted by Gasteiger charge is 2.57. The van der Waals surface area contributed by atoms with Crippen LogP contribution in [-0.2, 0) is 16.1 Å². The van der Waals surface area contributed by atoms with Crippen molar-refractivity contribution in [3.63, 3.8) is 0 Å². The lowest BCUT2D eigenvalue weighted by molar-refractivity contribution is -0.195. The number of hydrogen-bond donors (Lipinski definition) is 1. The Morgan fingerprint density at radius 1 is 1.26 bits per heavy atom. The average Bonchev–Trinajstić information content (AvgIpc) is 2.99. The molecule has 3 atom stereocenters. The molecular formula is C19H22F3NO4. The maximum absolute atomic E-state index is 13.2. The topological polar surface area (TPSA) is 66.8 Å². The van der Waals surface area contributed by atoms with Gasteiger partial charge in [-0.1, -0.05) is 36.8 Å². The van der Waals surface area contributed by atoms with Gasteiger partial charge in [0.05, 0.1) is 11.8 Å². The zero-order valence-electron chi connectivity index (χ0n) is 14.7. The van der Waals surface area contributed by atoms with Crippen molar-refractivity contribution in [2.75, 3.05) is 13.1 Å². The molecule has 0 bridgehead atoms. The summed E-state index contributed by atoms with van der Waals surface area (Å²) in [6.07, 6.45) is -4.60. The van der Waals surface area contributed by atoms with Crippen LogP contribution in [0.1, 0.15) is 31.2 Å². The minimum Gasteiger partial charge on any atom is -0.481 e. The fourth-order valence-corrected chi connectivity index (χ4v) is 4.39. The Labute approximate surface area is 155 Å². The van der Waals surface area contributed by atoms with Crippen molar-refractivity contribution in [1.29, 1.82) is 0 Å². The zero-order valence-corrected chi connectivity index (χ0v) is 14.7. The van der Waals surface area contributed by atoms with Gasteiger partial charge in [-0.25, -0.2) is 4.79 Å². The molecular weight excluding hydrogens is 363 g/mol. The summed E-state index contributed by atoms with van der Waals surface area (Å²) in [4.78, 5) is 25.3. The van der Waals surface area contributed by atoms with Gasteiger partial charge in [0, 0.05) is 18.5 Å². The quantitative estimate of drug-likeness (QED) is 0.852. The maximum atomic E-state index is 13.2. The SMILES string of the molecule is O=C(O)C1CN(C(=O)OCc2ccccc2)CC12CCCC(C(F)(F)F)C2. The third kappa shape index (κ3) is 4.20. The second-order valence-corrected chi connectivity index (χ2v) is 7.51. The predicted octanol–water partition coefficient (Wildman–Crippen LogP) is 4.08. The average molecular weight is 385 g/mol. The molecule has 0 radical (unpaired) electrons. The van der Waals surface area contributed by atoms with E-state index in [1.807, 2.05) is 6.07 Å². The van der Waals surface area contributed by atoms with E-state index in [2.05, 4.69) is 0 Å². The summed E-state index contributed by atoms with van der Waals surface area (Å²) in [5, 5.41) is 9.57. The summed E-state index contributed by atoms with van der Waals surface area (Å²) in [6.45, 7) is -0.0935. The van der Waals surface area contributed by atoms with E-state index in [0.717, 1.165) is 5.56 Å². The van der Waals surface area contributed by atoms with E-state index < -0.39 is 35.5 Å². The number of benzene rings is 1. The van der Waals surface area contributed by atoms with E-state index in [4.69, 9.17) is 4.74 Å². The number of rotatable bonds is 3. The molecule has 1 heterocycles. The van der Waals surface area contributed by atoms with Crippen molar-refractivity contribution in [1.82, 2.24) is 4.90 Å². The number of carbonyl (C=O) groups excluding carboxylic acids is 1. The molecule has 2 aliphatic rings. The number of nitrogens with zero attached hydrogens (tertiary/aromatic N) is 1. The summed E-state index contributed by atoms with van der Waals surface area (Å²) in [5.74, 6) is -3.68. The molecule has 1 aliphatic heterocycles. The monoisotopic (exact) mass is 385 g/mol. The minimum absolute atomic E-state index is 0.00975. The molecule has 3 unspecified atom stereocenters. The zero-order chi connectivity index (χ0) is 19.7. The standard InChI is InChI=1S/C19H22F3NO4/c20-19(21,22)14-7-4-8-18(9-14)12-23(10-15(18)16(24)25)17(26)27-11-13-5-2-1-3-6-13/h1-3,5-6,14-15H,4,7-12H2,(H,24,25). The molecule has 148 valence electrons. The van der Waals surface area contributed by atoms with Gasteiger partial charge in [-0.05, 0) is 24.8 Å². The first-order valence-electron chi connectivity index (χ1n) is 8.96. The lowest BCUT2D eigenvalue weighted by atomic mass is 9.64. The number of ether oxygens (including phenoxy) is 1. The first-order valence-corrected chi connectivity index (χ1v) is 8.96. The number of aliphatic carboxylic acids is 1. The highest BCUT2D eigenvalue weighted by molar-refractivity contribution is 5.75. The number of hydrogen-bond acceptors (Lipinski definition) is 3. The fourth-order valence-electron chi connectivity index (χ4n) is 4.39. The first kappa shape index (κ1) is 19.5. The third-order valence-electron chi connectivity index (χ3n) is 5.75. The van der Waals surface area contributed by atoms with Gasteiger partial charge < -0.3 is 14.7 Å². The van der Waals surface area contributed by atoms with Crippen LogP contribution in [0, 0.1) is 17.3 Å². The van der Waals surface area contributed by atoms with Crippen LogP contribution in [0.4, 0.5) is 18.0 Å². The molecule has 2 fully saturated rings. The first-order chi connectivity index (χ1) is 12.7. The van der Waals surface area contributed by atoms with Crippen LogP contribution in [-0.4, -0.2) is 41.3 Å². The third-order valence-corrected chi connectivity index (χ3v) is 5.75. The van der Waals surface area contributed by atoms with Crippen molar-refractivity contribution in [3.8, 4) is 0 Å². The molecule has 1 N–H and O–H groups in total. The van der Waals surface area contributed by atoms with E-state index in [0.29, 0.717) is 12.8 Å². The van der Waals surface area contributed by atoms with E-state index in [-0.39, 0.29) is 32.5 Å². The molecule has 1 aliphatic carbocycles. The van der Waals surface area contributed by atoms with Crippen molar-refractivity contribution in [3.05, 3.63) is 35.9 Å². The largest absolute Gasteiger partial charge is 0.481 e. The summed E-state index contributed by atoms with van der Waals surface area (Å²) in [7, 11) is 0. The minimum atomic E-state index is -4.35. The summed E-state index contributed by atoms with van der Waals surface area (Å²) < 4.78 is 44.9. The Hall–Kier alpha value is -2.25. The number of carboxylic acid groups (broad SMARTS) is 1. The number of halogens is 3. The summed E-state index contributed by atoms with van der Waals surface area (Å²) in [6, 6.07) is 9.00. The van der Waals surface area contributed by atoms with Gasteiger partial charge in [-0.2, -0.15) is 13.2 Å². The Bertz CT molecular complexity index is 694. The number of carboxylic acids is 1. The van der Waals surface area contributed by atoms with E-state index >= 15 is 0 Å². The highest BCUT2D eigenvalue weighted by atomic mass is 19.4. The number of carbonyl (C=O) groups is 2. The van der Waals surface area contributed by atoms with Gasteiger partial charge in [0.1, 0.15) is 6.61 Å². The molecule has 1 aromatic carbocycles. The van der Waals surface area contributed by atoms with E-state index in [9.17, 15) is 27.9 Å². The van der Waals surface area contributed by atoms with Gasteiger partial charge in [-0.3, -0.25) is 4.79 Å². The van der Waals surface area contributed by atoms with Crippen LogP contribution in [0.3, 0.4) is 0 Å².